The fourth-order valence-corrected chi connectivity index (χ4v) is 4.26. The van der Waals surface area contributed by atoms with Crippen LogP contribution in [0, 0.1) is 0 Å². The first-order chi connectivity index (χ1) is 18.8. The van der Waals surface area contributed by atoms with Gasteiger partial charge in [-0.2, -0.15) is 0 Å². The summed E-state index contributed by atoms with van der Waals surface area (Å²) in [6.07, 6.45) is -8.09. The van der Waals surface area contributed by atoms with Crippen molar-refractivity contribution in [3.8, 4) is 11.1 Å². The first-order valence-electron chi connectivity index (χ1n) is 12.5. The fourth-order valence-electron chi connectivity index (χ4n) is 4.26. The van der Waals surface area contributed by atoms with Crippen molar-refractivity contribution in [2.24, 2.45) is 0 Å². The van der Waals surface area contributed by atoms with E-state index in [1.165, 1.54) is 0 Å². The summed E-state index contributed by atoms with van der Waals surface area (Å²) in [5.74, 6) is -4.30. The molecule has 11 nitrogen and oxygen atoms in total. The Labute approximate surface area is 231 Å². The van der Waals surface area contributed by atoms with Crippen molar-refractivity contribution < 1.29 is 52.4 Å². The second-order valence-electron chi connectivity index (χ2n) is 9.64. The zero-order chi connectivity index (χ0) is 29.6. The smallest absolute Gasteiger partial charge is 0.339 e. The lowest BCUT2D eigenvalue weighted by atomic mass is 9.84. The van der Waals surface area contributed by atoms with E-state index in [-0.39, 0.29) is 0 Å². The summed E-state index contributed by atoms with van der Waals surface area (Å²) in [5, 5.41) is 0. The van der Waals surface area contributed by atoms with E-state index in [0.29, 0.717) is 5.56 Å². The van der Waals surface area contributed by atoms with Gasteiger partial charge in [-0.05, 0) is 30.5 Å². The van der Waals surface area contributed by atoms with Gasteiger partial charge in [0.05, 0.1) is 12.5 Å². The third-order valence-electron chi connectivity index (χ3n) is 6.28. The third kappa shape index (κ3) is 7.03. The van der Waals surface area contributed by atoms with Gasteiger partial charge in [0.25, 0.3) is 0 Å². The second-order valence-corrected chi connectivity index (χ2v) is 9.64. The highest BCUT2D eigenvalue weighted by atomic mass is 16.7. The van der Waals surface area contributed by atoms with Gasteiger partial charge < -0.3 is 28.4 Å². The molecule has 0 radical (unpaired) electrons. The largest absolute Gasteiger partial charge is 0.467 e. The minimum atomic E-state index is -1.72. The Morgan fingerprint density at radius 2 is 1.18 bits per heavy atom. The minimum absolute atomic E-state index is 0.607. The summed E-state index contributed by atoms with van der Waals surface area (Å²) in [6, 6.07) is 17.0. The molecule has 1 heterocycles. The predicted molar refractivity (Wildman–Crippen MR) is 138 cm³/mol. The first kappa shape index (κ1) is 30.3. The molecule has 214 valence electrons. The number of hydrogen-bond donors (Lipinski definition) is 0. The molecule has 1 saturated heterocycles. The molecule has 11 heteroatoms. The van der Waals surface area contributed by atoms with Crippen LogP contribution in [0.2, 0.25) is 0 Å². The van der Waals surface area contributed by atoms with Gasteiger partial charge in [0.2, 0.25) is 12.4 Å². The Hall–Kier alpha value is -4.25. The van der Waals surface area contributed by atoms with E-state index in [2.05, 4.69) is 0 Å². The van der Waals surface area contributed by atoms with Gasteiger partial charge in [-0.25, -0.2) is 4.79 Å². The van der Waals surface area contributed by atoms with Crippen LogP contribution >= 0.6 is 0 Å². The monoisotopic (exact) mass is 556 g/mol. The fraction of sp³-hybridized carbons (Fsp3) is 0.414. The molecular formula is C29H32O11. The van der Waals surface area contributed by atoms with E-state index in [0.717, 1.165) is 39.0 Å². The lowest BCUT2D eigenvalue weighted by Crippen LogP contribution is -2.64. The molecule has 2 aromatic carbocycles. The molecule has 0 aliphatic carbocycles. The van der Waals surface area contributed by atoms with Crippen LogP contribution in [0.4, 0.5) is 0 Å². The molecule has 1 fully saturated rings. The SMILES string of the molecule is COC(=O)[C@H]1O[C@@H](OC(=O)C(C)(C)c2ccc(-c3ccccc3)cc2)[C@H](OC(C)=O)[C@@H](OC(C)=O)[C@@H]1OC(C)=O. The van der Waals surface area contributed by atoms with Crippen molar-refractivity contribution in [2.75, 3.05) is 7.11 Å². The summed E-state index contributed by atoms with van der Waals surface area (Å²) >= 11 is 0. The van der Waals surface area contributed by atoms with Crippen LogP contribution in [-0.2, 0) is 57.8 Å². The van der Waals surface area contributed by atoms with Crippen molar-refractivity contribution in [1.82, 2.24) is 0 Å². The summed E-state index contributed by atoms with van der Waals surface area (Å²) in [7, 11) is 1.07. The molecule has 2 aromatic rings. The molecule has 0 N–H and O–H groups in total. The molecule has 5 atom stereocenters. The zero-order valence-electron chi connectivity index (χ0n) is 23.1. The Kier molecular flexibility index (Phi) is 9.65. The topological polar surface area (TPSA) is 141 Å². The second kappa shape index (κ2) is 12.7. The number of ether oxygens (including phenoxy) is 6. The average molecular weight is 557 g/mol. The standard InChI is InChI=1S/C29H32O11/c1-16(30)36-22-23(37-17(2)31)25(38-18(3)32)27(39-24(22)26(33)35-6)40-28(34)29(4,5)21-14-12-20(13-15-21)19-10-8-7-9-11-19/h7-15,22-25,27H,1-6H3/t22-,23-,24-,25+,27-/m0/s1. The highest BCUT2D eigenvalue weighted by molar-refractivity contribution is 5.83. The zero-order valence-corrected chi connectivity index (χ0v) is 23.1. The maximum atomic E-state index is 13.5. The van der Waals surface area contributed by atoms with Crippen molar-refractivity contribution in [1.29, 1.82) is 0 Å². The average Bonchev–Trinajstić information content (AvgIpc) is 2.91. The molecule has 3 rings (SSSR count). The number of esters is 5. The predicted octanol–water partition coefficient (Wildman–Crippen LogP) is 2.87. The van der Waals surface area contributed by atoms with Crippen LogP contribution in [0.25, 0.3) is 11.1 Å². The number of hydrogen-bond acceptors (Lipinski definition) is 11. The Morgan fingerprint density at radius 1 is 0.675 bits per heavy atom. The summed E-state index contributed by atoms with van der Waals surface area (Å²) in [5.41, 5.74) is 1.32. The van der Waals surface area contributed by atoms with Crippen molar-refractivity contribution in [3.05, 3.63) is 60.2 Å². The van der Waals surface area contributed by atoms with Crippen molar-refractivity contribution >= 4 is 29.8 Å². The van der Waals surface area contributed by atoms with Crippen LogP contribution < -0.4 is 0 Å². The van der Waals surface area contributed by atoms with Gasteiger partial charge >= 0.3 is 29.8 Å². The van der Waals surface area contributed by atoms with Crippen LogP contribution in [-0.4, -0.2) is 67.7 Å². The van der Waals surface area contributed by atoms with E-state index < -0.39 is 66.0 Å². The van der Waals surface area contributed by atoms with Gasteiger partial charge in [-0.3, -0.25) is 19.2 Å². The molecule has 0 unspecified atom stereocenters. The molecule has 0 spiro atoms. The normalized spacial score (nSPS) is 22.4. The van der Waals surface area contributed by atoms with E-state index in [1.54, 1.807) is 26.0 Å². The third-order valence-corrected chi connectivity index (χ3v) is 6.28. The van der Waals surface area contributed by atoms with Crippen LogP contribution in [0.15, 0.2) is 54.6 Å². The van der Waals surface area contributed by atoms with E-state index in [4.69, 9.17) is 28.4 Å². The van der Waals surface area contributed by atoms with E-state index in [9.17, 15) is 24.0 Å². The maximum absolute atomic E-state index is 13.5. The van der Waals surface area contributed by atoms with Gasteiger partial charge in [-0.15, -0.1) is 0 Å². The molecular weight excluding hydrogens is 524 g/mol. The van der Waals surface area contributed by atoms with Crippen molar-refractivity contribution in [3.63, 3.8) is 0 Å². The van der Waals surface area contributed by atoms with E-state index in [1.807, 2.05) is 42.5 Å². The molecule has 0 saturated carbocycles. The molecule has 0 amide bonds. The maximum Gasteiger partial charge on any atom is 0.339 e. The van der Waals surface area contributed by atoms with Gasteiger partial charge in [0, 0.05) is 20.8 Å². The van der Waals surface area contributed by atoms with Crippen molar-refractivity contribution in [2.45, 2.75) is 70.7 Å². The van der Waals surface area contributed by atoms with Crippen LogP contribution in [0.5, 0.6) is 0 Å². The molecule has 0 bridgehead atoms. The highest BCUT2D eigenvalue weighted by Gasteiger charge is 2.56. The Bertz CT molecular complexity index is 1240. The Balaban J connectivity index is 1.94. The van der Waals surface area contributed by atoms with Gasteiger partial charge in [0.1, 0.15) is 0 Å². The molecule has 1 aliphatic heterocycles. The summed E-state index contributed by atoms with van der Waals surface area (Å²) in [6.45, 7) is 6.47. The Morgan fingerprint density at radius 3 is 1.70 bits per heavy atom. The molecule has 40 heavy (non-hydrogen) atoms. The summed E-state index contributed by atoms with van der Waals surface area (Å²) in [4.78, 5) is 61.9. The molecule has 0 aromatic heterocycles. The lowest BCUT2D eigenvalue weighted by Gasteiger charge is -2.43. The minimum Gasteiger partial charge on any atom is -0.467 e. The number of carbonyl (C=O) groups excluding carboxylic acids is 5. The first-order valence-corrected chi connectivity index (χ1v) is 12.5. The van der Waals surface area contributed by atoms with Crippen LogP contribution in [0.1, 0.15) is 40.2 Å². The lowest BCUT2D eigenvalue weighted by molar-refractivity contribution is -0.295. The van der Waals surface area contributed by atoms with Gasteiger partial charge in [0.15, 0.2) is 18.3 Å². The number of benzene rings is 2. The number of carbonyl (C=O) groups is 5. The quantitative estimate of drug-likeness (QED) is 0.350. The number of rotatable bonds is 8. The summed E-state index contributed by atoms with van der Waals surface area (Å²) < 4.78 is 31.9. The molecule has 1 aliphatic rings. The highest BCUT2D eigenvalue weighted by Crippen LogP contribution is 2.33. The van der Waals surface area contributed by atoms with Gasteiger partial charge in [-0.1, -0.05) is 54.6 Å². The van der Waals surface area contributed by atoms with E-state index >= 15 is 0 Å². The number of methoxy groups -OCH3 is 1. The van der Waals surface area contributed by atoms with Crippen LogP contribution in [0.3, 0.4) is 0 Å².